The minimum atomic E-state index is 0.497. The average molecular weight is 247 g/mol. The molecule has 0 saturated heterocycles. The van der Waals surface area contributed by atoms with Crippen LogP contribution in [0.1, 0.15) is 30.5 Å². The van der Waals surface area contributed by atoms with Crippen molar-refractivity contribution in [1.82, 2.24) is 4.90 Å². The number of nitrogens with zero attached hydrogens (tertiary/aromatic N) is 1. The summed E-state index contributed by atoms with van der Waals surface area (Å²) in [4.78, 5) is 2.45. The van der Waals surface area contributed by atoms with E-state index in [2.05, 4.69) is 61.5 Å². The first-order valence-corrected chi connectivity index (χ1v) is 7.18. The van der Waals surface area contributed by atoms with E-state index in [-0.39, 0.29) is 0 Å². The topological polar surface area (TPSA) is 3.24 Å². The van der Waals surface area contributed by atoms with Crippen molar-refractivity contribution < 1.29 is 0 Å². The molecule has 0 aromatic heterocycles. The maximum atomic E-state index is 2.45. The van der Waals surface area contributed by atoms with Gasteiger partial charge in [-0.15, -0.1) is 11.8 Å². The van der Waals surface area contributed by atoms with Gasteiger partial charge in [0.25, 0.3) is 0 Å². The van der Waals surface area contributed by atoms with E-state index in [1.807, 2.05) is 11.8 Å². The lowest BCUT2D eigenvalue weighted by atomic mass is 10.1. The number of hydrogen-bond donors (Lipinski definition) is 0. The standard InChI is InChI=1S/C15H21NS/c1-12-6-8-14(9-7-12)13(2)16(3)11-15-5-4-10-17-15/h4,6-10,13,15H,5,11H2,1-3H3. The summed E-state index contributed by atoms with van der Waals surface area (Å²) in [5.74, 6) is 0. The molecule has 1 heterocycles. The number of benzene rings is 1. The molecule has 2 atom stereocenters. The van der Waals surface area contributed by atoms with Gasteiger partial charge in [0, 0.05) is 17.8 Å². The molecule has 1 aliphatic rings. The summed E-state index contributed by atoms with van der Waals surface area (Å²) < 4.78 is 0. The third-order valence-electron chi connectivity index (χ3n) is 3.48. The van der Waals surface area contributed by atoms with Gasteiger partial charge in [0.1, 0.15) is 0 Å². The largest absolute Gasteiger partial charge is 0.299 e. The fourth-order valence-corrected chi connectivity index (χ4v) is 3.11. The van der Waals surface area contributed by atoms with Gasteiger partial charge in [0.2, 0.25) is 0 Å². The molecule has 0 saturated carbocycles. The van der Waals surface area contributed by atoms with Crippen molar-refractivity contribution in [3.8, 4) is 0 Å². The molecular formula is C15H21NS. The summed E-state index contributed by atoms with van der Waals surface area (Å²) in [5, 5.41) is 2.97. The lowest BCUT2D eigenvalue weighted by molar-refractivity contribution is 0.263. The van der Waals surface area contributed by atoms with Crippen LogP contribution < -0.4 is 0 Å². The van der Waals surface area contributed by atoms with E-state index in [1.165, 1.54) is 17.5 Å². The third kappa shape index (κ3) is 3.36. The van der Waals surface area contributed by atoms with E-state index >= 15 is 0 Å². The molecule has 2 unspecified atom stereocenters. The van der Waals surface area contributed by atoms with E-state index in [9.17, 15) is 0 Å². The molecule has 0 radical (unpaired) electrons. The highest BCUT2D eigenvalue weighted by atomic mass is 32.2. The molecule has 1 nitrogen and oxygen atoms in total. The average Bonchev–Trinajstić information content (AvgIpc) is 2.82. The molecule has 92 valence electrons. The fourth-order valence-electron chi connectivity index (χ4n) is 2.13. The lowest BCUT2D eigenvalue weighted by Crippen LogP contribution is -2.29. The highest BCUT2D eigenvalue weighted by molar-refractivity contribution is 8.03. The van der Waals surface area contributed by atoms with Crippen LogP contribution in [0.3, 0.4) is 0 Å². The summed E-state index contributed by atoms with van der Waals surface area (Å²) >= 11 is 1.96. The van der Waals surface area contributed by atoms with Crippen molar-refractivity contribution in [2.75, 3.05) is 13.6 Å². The monoisotopic (exact) mass is 247 g/mol. The van der Waals surface area contributed by atoms with Gasteiger partial charge >= 0.3 is 0 Å². The minimum absolute atomic E-state index is 0.497. The molecule has 0 amide bonds. The number of allylic oxidation sites excluding steroid dienone is 1. The van der Waals surface area contributed by atoms with Crippen LogP contribution in [0.4, 0.5) is 0 Å². The Hall–Kier alpha value is -0.730. The quantitative estimate of drug-likeness (QED) is 0.791. The van der Waals surface area contributed by atoms with Crippen LogP contribution in [-0.2, 0) is 0 Å². The second-order valence-corrected chi connectivity index (χ2v) is 6.10. The maximum Gasteiger partial charge on any atom is 0.0317 e. The van der Waals surface area contributed by atoms with Crippen LogP contribution in [-0.4, -0.2) is 23.7 Å². The van der Waals surface area contributed by atoms with Crippen molar-refractivity contribution in [2.24, 2.45) is 0 Å². The van der Waals surface area contributed by atoms with Gasteiger partial charge < -0.3 is 0 Å². The van der Waals surface area contributed by atoms with E-state index in [1.54, 1.807) is 0 Å². The smallest absolute Gasteiger partial charge is 0.0317 e. The SMILES string of the molecule is Cc1ccc(C(C)N(C)CC2CC=CS2)cc1. The van der Waals surface area contributed by atoms with Crippen molar-refractivity contribution in [3.63, 3.8) is 0 Å². The van der Waals surface area contributed by atoms with Crippen LogP contribution in [0.15, 0.2) is 35.7 Å². The predicted octanol–water partition coefficient (Wildman–Crippen LogP) is 4.01. The van der Waals surface area contributed by atoms with Gasteiger partial charge in [-0.25, -0.2) is 0 Å². The molecule has 1 aromatic rings. The van der Waals surface area contributed by atoms with Gasteiger partial charge in [-0.2, -0.15) is 0 Å². The number of thioether (sulfide) groups is 1. The van der Waals surface area contributed by atoms with E-state index < -0.39 is 0 Å². The Morgan fingerprint density at radius 1 is 1.35 bits per heavy atom. The zero-order valence-electron chi connectivity index (χ0n) is 10.9. The molecule has 0 N–H and O–H groups in total. The second kappa shape index (κ2) is 5.74. The summed E-state index contributed by atoms with van der Waals surface area (Å²) in [6, 6.07) is 9.39. The Balaban J connectivity index is 1.94. The molecule has 0 spiro atoms. The summed E-state index contributed by atoms with van der Waals surface area (Å²) in [6.45, 7) is 5.59. The van der Waals surface area contributed by atoms with Crippen molar-refractivity contribution in [3.05, 3.63) is 46.9 Å². The molecule has 17 heavy (non-hydrogen) atoms. The molecule has 0 aliphatic carbocycles. The first-order chi connectivity index (χ1) is 8.16. The van der Waals surface area contributed by atoms with Gasteiger partial charge in [0.15, 0.2) is 0 Å². The summed E-state index contributed by atoms with van der Waals surface area (Å²) in [6.07, 6.45) is 3.50. The Bertz CT molecular complexity index is 374. The maximum absolute atomic E-state index is 2.45. The van der Waals surface area contributed by atoms with Crippen LogP contribution in [0.5, 0.6) is 0 Å². The fraction of sp³-hybridized carbons (Fsp3) is 0.467. The Kier molecular flexibility index (Phi) is 4.30. The van der Waals surface area contributed by atoms with Gasteiger partial charge in [0.05, 0.1) is 0 Å². The van der Waals surface area contributed by atoms with Gasteiger partial charge in [-0.3, -0.25) is 4.90 Å². The van der Waals surface area contributed by atoms with E-state index in [0.29, 0.717) is 6.04 Å². The second-order valence-electron chi connectivity index (χ2n) is 4.89. The first-order valence-electron chi connectivity index (χ1n) is 6.24. The highest BCUT2D eigenvalue weighted by Gasteiger charge is 2.17. The number of rotatable bonds is 4. The number of aryl methyl sites for hydroxylation is 1. The zero-order valence-corrected chi connectivity index (χ0v) is 11.7. The molecule has 0 bridgehead atoms. The Morgan fingerprint density at radius 2 is 2.06 bits per heavy atom. The van der Waals surface area contributed by atoms with Crippen LogP contribution in [0.25, 0.3) is 0 Å². The Morgan fingerprint density at radius 3 is 2.65 bits per heavy atom. The molecular weight excluding hydrogens is 226 g/mol. The van der Waals surface area contributed by atoms with Gasteiger partial charge in [-0.1, -0.05) is 35.9 Å². The van der Waals surface area contributed by atoms with Crippen LogP contribution in [0.2, 0.25) is 0 Å². The molecule has 1 aromatic carbocycles. The van der Waals surface area contributed by atoms with E-state index in [0.717, 1.165) is 11.8 Å². The van der Waals surface area contributed by atoms with E-state index in [4.69, 9.17) is 0 Å². The summed E-state index contributed by atoms with van der Waals surface area (Å²) in [5.41, 5.74) is 2.74. The first kappa shape index (κ1) is 12.7. The zero-order chi connectivity index (χ0) is 12.3. The third-order valence-corrected chi connectivity index (χ3v) is 4.55. The van der Waals surface area contributed by atoms with Crippen LogP contribution in [0, 0.1) is 6.92 Å². The summed E-state index contributed by atoms with van der Waals surface area (Å²) in [7, 11) is 2.23. The van der Waals surface area contributed by atoms with Crippen LogP contribution >= 0.6 is 11.8 Å². The van der Waals surface area contributed by atoms with Gasteiger partial charge in [-0.05, 0) is 38.3 Å². The van der Waals surface area contributed by atoms with Crippen molar-refractivity contribution in [1.29, 1.82) is 0 Å². The van der Waals surface area contributed by atoms with Crippen molar-refractivity contribution >= 4 is 11.8 Å². The molecule has 0 fully saturated rings. The molecule has 2 rings (SSSR count). The van der Waals surface area contributed by atoms with Crippen molar-refractivity contribution in [2.45, 2.75) is 31.6 Å². The molecule has 1 aliphatic heterocycles. The molecule has 2 heteroatoms. The highest BCUT2D eigenvalue weighted by Crippen LogP contribution is 2.27. The number of hydrogen-bond acceptors (Lipinski definition) is 2. The normalized spacial score (nSPS) is 21.1. The predicted molar refractivity (Wildman–Crippen MR) is 77.4 cm³/mol. The Labute approximate surface area is 109 Å². The minimum Gasteiger partial charge on any atom is -0.299 e. The lowest BCUT2D eigenvalue weighted by Gasteiger charge is -2.27.